The molecule has 0 spiro atoms. The summed E-state index contributed by atoms with van der Waals surface area (Å²) in [7, 11) is 0. The average molecular weight is 292 g/mol. The van der Waals surface area contributed by atoms with Crippen LogP contribution in [-0.2, 0) is 4.79 Å². The molecular weight excluding hydrogens is 281 g/mol. The van der Waals surface area contributed by atoms with Gasteiger partial charge in [0.25, 0.3) is 5.91 Å². The molecule has 0 fully saturated rings. The van der Waals surface area contributed by atoms with E-state index < -0.39 is 0 Å². The van der Waals surface area contributed by atoms with Crippen molar-refractivity contribution in [2.75, 3.05) is 5.32 Å². The van der Waals surface area contributed by atoms with Crippen LogP contribution in [0.25, 0.3) is 6.08 Å². The maximum absolute atomic E-state index is 11.9. The van der Waals surface area contributed by atoms with Crippen molar-refractivity contribution < 1.29 is 4.79 Å². The number of nitrogens with one attached hydrogen (secondary N) is 1. The van der Waals surface area contributed by atoms with Gasteiger partial charge in [0, 0.05) is 10.7 Å². The van der Waals surface area contributed by atoms with Crippen molar-refractivity contribution in [3.63, 3.8) is 0 Å². The van der Waals surface area contributed by atoms with Crippen LogP contribution < -0.4 is 5.32 Å². The molecule has 0 aliphatic rings. The molecule has 96 valence electrons. The summed E-state index contributed by atoms with van der Waals surface area (Å²) < 4.78 is 0. The van der Waals surface area contributed by atoms with Crippen molar-refractivity contribution in [3.8, 4) is 0 Å². The number of hydrogen-bond donors (Lipinski definition) is 1. The van der Waals surface area contributed by atoms with E-state index in [4.69, 9.17) is 23.2 Å². The summed E-state index contributed by atoms with van der Waals surface area (Å²) in [5.41, 5.74) is 1.52. The highest BCUT2D eigenvalue weighted by Gasteiger charge is 2.06. The van der Waals surface area contributed by atoms with Crippen molar-refractivity contribution in [1.29, 1.82) is 0 Å². The molecule has 1 N–H and O–H groups in total. The van der Waals surface area contributed by atoms with Crippen LogP contribution in [0.15, 0.2) is 59.6 Å². The number of carbonyl (C=O) groups is 1. The van der Waals surface area contributed by atoms with Crippen LogP contribution in [-0.4, -0.2) is 5.91 Å². The van der Waals surface area contributed by atoms with E-state index in [-0.39, 0.29) is 10.9 Å². The first kappa shape index (κ1) is 13.7. The SMILES string of the molecule is O=C(Nc1ccc(Cl)cc1)C(Cl)=Cc1ccccc1. The number of amides is 1. The van der Waals surface area contributed by atoms with Crippen LogP contribution in [0.5, 0.6) is 0 Å². The van der Waals surface area contributed by atoms with E-state index >= 15 is 0 Å². The van der Waals surface area contributed by atoms with Crippen LogP contribution in [0.3, 0.4) is 0 Å². The second kappa shape index (κ2) is 6.41. The molecule has 0 aromatic heterocycles. The van der Waals surface area contributed by atoms with Gasteiger partial charge in [-0.25, -0.2) is 0 Å². The van der Waals surface area contributed by atoms with Crippen LogP contribution in [0.4, 0.5) is 5.69 Å². The first-order valence-corrected chi connectivity index (χ1v) is 6.40. The molecule has 0 aliphatic heterocycles. The third-order valence-electron chi connectivity index (χ3n) is 2.41. The van der Waals surface area contributed by atoms with E-state index in [2.05, 4.69) is 5.32 Å². The fourth-order valence-corrected chi connectivity index (χ4v) is 1.78. The van der Waals surface area contributed by atoms with Gasteiger partial charge >= 0.3 is 0 Å². The van der Waals surface area contributed by atoms with E-state index in [1.807, 2.05) is 30.3 Å². The normalized spacial score (nSPS) is 11.2. The van der Waals surface area contributed by atoms with Crippen molar-refractivity contribution in [3.05, 3.63) is 70.2 Å². The predicted molar refractivity (Wildman–Crippen MR) is 80.4 cm³/mol. The van der Waals surface area contributed by atoms with Crippen LogP contribution in [0, 0.1) is 0 Å². The molecule has 1 amide bonds. The number of carbonyl (C=O) groups excluding carboxylic acids is 1. The maximum Gasteiger partial charge on any atom is 0.267 e. The molecule has 0 unspecified atom stereocenters. The monoisotopic (exact) mass is 291 g/mol. The van der Waals surface area contributed by atoms with Gasteiger partial charge in [0.2, 0.25) is 0 Å². The molecular formula is C15H11Cl2NO. The average Bonchev–Trinajstić information content (AvgIpc) is 2.42. The zero-order valence-corrected chi connectivity index (χ0v) is 11.4. The highest BCUT2D eigenvalue weighted by atomic mass is 35.5. The quantitative estimate of drug-likeness (QED) is 0.826. The number of rotatable bonds is 3. The van der Waals surface area contributed by atoms with Crippen molar-refractivity contribution in [2.45, 2.75) is 0 Å². The van der Waals surface area contributed by atoms with Crippen LogP contribution in [0.2, 0.25) is 5.02 Å². The van der Waals surface area contributed by atoms with Gasteiger partial charge in [0.15, 0.2) is 0 Å². The van der Waals surface area contributed by atoms with Gasteiger partial charge in [-0.3, -0.25) is 4.79 Å². The molecule has 19 heavy (non-hydrogen) atoms. The lowest BCUT2D eigenvalue weighted by atomic mass is 10.2. The first-order chi connectivity index (χ1) is 9.15. The highest BCUT2D eigenvalue weighted by molar-refractivity contribution is 6.45. The second-order valence-electron chi connectivity index (χ2n) is 3.86. The molecule has 2 aromatic rings. The molecule has 0 saturated carbocycles. The molecule has 0 saturated heterocycles. The fourth-order valence-electron chi connectivity index (χ4n) is 1.49. The summed E-state index contributed by atoms with van der Waals surface area (Å²) in [6.45, 7) is 0. The third kappa shape index (κ3) is 4.12. The Morgan fingerprint density at radius 2 is 1.63 bits per heavy atom. The molecule has 2 aromatic carbocycles. The van der Waals surface area contributed by atoms with Crippen molar-refractivity contribution in [1.82, 2.24) is 0 Å². The lowest BCUT2D eigenvalue weighted by Crippen LogP contribution is -2.11. The maximum atomic E-state index is 11.9. The van der Waals surface area contributed by atoms with Crippen molar-refractivity contribution in [2.24, 2.45) is 0 Å². The number of benzene rings is 2. The second-order valence-corrected chi connectivity index (χ2v) is 4.71. The standard InChI is InChI=1S/C15H11Cl2NO/c16-12-6-8-13(9-7-12)18-15(19)14(17)10-11-4-2-1-3-5-11/h1-10H,(H,18,19). The van der Waals surface area contributed by atoms with E-state index in [0.29, 0.717) is 10.7 Å². The summed E-state index contributed by atoms with van der Waals surface area (Å²) in [6, 6.07) is 16.2. The Balaban J connectivity index is 2.07. The minimum absolute atomic E-state index is 0.126. The minimum atomic E-state index is -0.354. The van der Waals surface area contributed by atoms with Crippen LogP contribution >= 0.6 is 23.2 Å². The Morgan fingerprint density at radius 3 is 2.26 bits per heavy atom. The Morgan fingerprint density at radius 1 is 1.00 bits per heavy atom. The highest BCUT2D eigenvalue weighted by Crippen LogP contribution is 2.16. The molecule has 0 heterocycles. The molecule has 2 nitrogen and oxygen atoms in total. The molecule has 2 rings (SSSR count). The lowest BCUT2D eigenvalue weighted by Gasteiger charge is -2.04. The van der Waals surface area contributed by atoms with E-state index in [1.165, 1.54) is 0 Å². The van der Waals surface area contributed by atoms with E-state index in [9.17, 15) is 4.79 Å². The van der Waals surface area contributed by atoms with Crippen molar-refractivity contribution >= 4 is 40.9 Å². The van der Waals surface area contributed by atoms with Crippen LogP contribution in [0.1, 0.15) is 5.56 Å². The zero-order valence-electron chi connectivity index (χ0n) is 9.94. The van der Waals surface area contributed by atoms with Gasteiger partial charge in [0.05, 0.1) is 0 Å². The molecule has 0 atom stereocenters. The van der Waals surface area contributed by atoms with Gasteiger partial charge in [0.1, 0.15) is 5.03 Å². The Labute approximate surface area is 121 Å². The Kier molecular flexibility index (Phi) is 4.61. The third-order valence-corrected chi connectivity index (χ3v) is 2.94. The largest absolute Gasteiger partial charge is 0.321 e. The minimum Gasteiger partial charge on any atom is -0.321 e. The summed E-state index contributed by atoms with van der Waals surface area (Å²) in [4.78, 5) is 11.9. The topological polar surface area (TPSA) is 29.1 Å². The molecule has 4 heteroatoms. The molecule has 0 aliphatic carbocycles. The summed E-state index contributed by atoms with van der Waals surface area (Å²) in [6.07, 6.45) is 1.62. The van der Waals surface area contributed by atoms with Gasteiger partial charge in [-0.2, -0.15) is 0 Å². The number of hydrogen-bond acceptors (Lipinski definition) is 1. The van der Waals surface area contributed by atoms with Gasteiger partial charge < -0.3 is 5.32 Å². The van der Waals surface area contributed by atoms with Gasteiger partial charge in [-0.1, -0.05) is 53.5 Å². The number of anilines is 1. The Hall–Kier alpha value is -1.77. The Bertz CT molecular complexity index is 591. The summed E-state index contributed by atoms with van der Waals surface area (Å²) in [5.74, 6) is -0.354. The van der Waals surface area contributed by atoms with E-state index in [0.717, 1.165) is 5.56 Å². The molecule has 0 radical (unpaired) electrons. The van der Waals surface area contributed by atoms with E-state index in [1.54, 1.807) is 30.3 Å². The predicted octanol–water partition coefficient (Wildman–Crippen LogP) is 4.56. The van der Waals surface area contributed by atoms with Gasteiger partial charge in [-0.05, 0) is 35.9 Å². The number of halogens is 2. The zero-order chi connectivity index (χ0) is 13.7. The summed E-state index contributed by atoms with van der Waals surface area (Å²) >= 11 is 11.7. The first-order valence-electron chi connectivity index (χ1n) is 5.64. The summed E-state index contributed by atoms with van der Waals surface area (Å²) in [5, 5.41) is 3.43. The van der Waals surface area contributed by atoms with Gasteiger partial charge in [-0.15, -0.1) is 0 Å². The smallest absolute Gasteiger partial charge is 0.267 e. The lowest BCUT2D eigenvalue weighted by molar-refractivity contribution is -0.112. The fraction of sp³-hybridized carbons (Fsp3) is 0. The molecule has 0 bridgehead atoms.